The van der Waals surface area contributed by atoms with Gasteiger partial charge in [-0.25, -0.2) is 4.98 Å². The van der Waals surface area contributed by atoms with Gasteiger partial charge >= 0.3 is 5.97 Å². The molecule has 1 amide bonds. The molecule has 6 heteroatoms. The fourth-order valence-electron chi connectivity index (χ4n) is 3.92. The number of allylic oxidation sites excluding steroid dienone is 1. The molecule has 2 aliphatic rings. The van der Waals surface area contributed by atoms with E-state index in [1.807, 2.05) is 9.80 Å². The quantitative estimate of drug-likeness (QED) is 0.832. The van der Waals surface area contributed by atoms with Crippen molar-refractivity contribution in [2.45, 2.75) is 32.1 Å². The van der Waals surface area contributed by atoms with E-state index >= 15 is 0 Å². The third-order valence-corrected chi connectivity index (χ3v) is 5.28. The van der Waals surface area contributed by atoms with Crippen molar-refractivity contribution >= 4 is 17.7 Å². The van der Waals surface area contributed by atoms with Crippen LogP contribution < -0.4 is 4.90 Å². The number of piperidine rings is 1. The topological polar surface area (TPSA) is 73.7 Å². The van der Waals surface area contributed by atoms with Gasteiger partial charge in [0.1, 0.15) is 5.82 Å². The number of anilines is 1. The van der Waals surface area contributed by atoms with Gasteiger partial charge in [-0.2, -0.15) is 0 Å². The van der Waals surface area contributed by atoms with Crippen molar-refractivity contribution in [2.75, 3.05) is 31.1 Å². The molecule has 0 unspecified atom stereocenters. The number of pyridine rings is 1. The van der Waals surface area contributed by atoms with E-state index in [1.165, 1.54) is 0 Å². The zero-order chi connectivity index (χ0) is 17.9. The minimum absolute atomic E-state index is 0.00387. The number of hydrogen-bond donors (Lipinski definition) is 1. The summed E-state index contributed by atoms with van der Waals surface area (Å²) in [5.41, 5.74) is -0.282. The number of carbonyl (C=O) groups excluding carboxylic acids is 1. The third-order valence-electron chi connectivity index (χ3n) is 5.28. The lowest BCUT2D eigenvalue weighted by molar-refractivity contribution is -0.149. The Morgan fingerprint density at radius 3 is 2.72 bits per heavy atom. The number of likely N-dealkylation sites (tertiary alicyclic amines) is 1. The molecule has 1 aromatic heterocycles. The zero-order valence-electron chi connectivity index (χ0n) is 14.5. The van der Waals surface area contributed by atoms with Crippen molar-refractivity contribution in [3.05, 3.63) is 36.5 Å². The first-order valence-electron chi connectivity index (χ1n) is 8.91. The SMILES string of the molecule is C=CC[C@@]1(C(=O)O)CCCN(c2ncccc2C(=O)N2CCCC2)C1. The molecule has 6 nitrogen and oxygen atoms in total. The summed E-state index contributed by atoms with van der Waals surface area (Å²) in [6.07, 6.45) is 7.20. The Hall–Kier alpha value is -2.37. The molecular weight excluding hydrogens is 318 g/mol. The predicted molar refractivity (Wildman–Crippen MR) is 95.7 cm³/mol. The van der Waals surface area contributed by atoms with Crippen LogP contribution in [0.25, 0.3) is 0 Å². The van der Waals surface area contributed by atoms with Gasteiger partial charge in [0.25, 0.3) is 5.91 Å². The summed E-state index contributed by atoms with van der Waals surface area (Å²) in [7, 11) is 0. The van der Waals surface area contributed by atoms with Crippen molar-refractivity contribution in [3.63, 3.8) is 0 Å². The number of carboxylic acid groups (broad SMARTS) is 1. The van der Waals surface area contributed by atoms with Gasteiger partial charge in [0, 0.05) is 32.4 Å². The molecule has 0 radical (unpaired) electrons. The van der Waals surface area contributed by atoms with Crippen LogP contribution in [0.4, 0.5) is 5.82 Å². The molecule has 0 aromatic carbocycles. The Morgan fingerprint density at radius 2 is 2.04 bits per heavy atom. The van der Waals surface area contributed by atoms with Gasteiger partial charge < -0.3 is 14.9 Å². The lowest BCUT2D eigenvalue weighted by Gasteiger charge is -2.40. The number of carboxylic acids is 1. The van der Waals surface area contributed by atoms with Crippen LogP contribution >= 0.6 is 0 Å². The molecule has 0 bridgehead atoms. The van der Waals surface area contributed by atoms with Crippen molar-refractivity contribution in [3.8, 4) is 0 Å². The normalized spacial score (nSPS) is 23.5. The number of nitrogens with zero attached hydrogens (tertiary/aromatic N) is 3. The Bertz CT molecular complexity index is 670. The Kier molecular flexibility index (Phi) is 5.06. The summed E-state index contributed by atoms with van der Waals surface area (Å²) in [5, 5.41) is 9.77. The van der Waals surface area contributed by atoms with Gasteiger partial charge in [0.2, 0.25) is 0 Å². The first-order chi connectivity index (χ1) is 12.1. The van der Waals surface area contributed by atoms with E-state index in [1.54, 1.807) is 24.4 Å². The molecule has 2 fully saturated rings. The van der Waals surface area contributed by atoms with Gasteiger partial charge in [-0.1, -0.05) is 6.08 Å². The molecule has 0 aliphatic carbocycles. The van der Waals surface area contributed by atoms with Gasteiger partial charge in [-0.3, -0.25) is 9.59 Å². The van der Waals surface area contributed by atoms with Crippen LogP contribution in [-0.4, -0.2) is 53.0 Å². The molecule has 0 saturated carbocycles. The fourth-order valence-corrected chi connectivity index (χ4v) is 3.92. The maximum atomic E-state index is 12.9. The maximum absolute atomic E-state index is 12.9. The second kappa shape index (κ2) is 7.25. The van der Waals surface area contributed by atoms with Crippen LogP contribution in [0, 0.1) is 5.41 Å². The highest BCUT2D eigenvalue weighted by Gasteiger charge is 2.42. The molecule has 1 atom stereocenters. The molecule has 3 rings (SSSR count). The number of aliphatic carboxylic acids is 1. The highest BCUT2D eigenvalue weighted by atomic mass is 16.4. The van der Waals surface area contributed by atoms with E-state index in [9.17, 15) is 14.7 Å². The summed E-state index contributed by atoms with van der Waals surface area (Å²) in [6.45, 7) is 6.35. The third kappa shape index (κ3) is 3.38. The van der Waals surface area contributed by atoms with Crippen LogP contribution in [0.15, 0.2) is 31.0 Å². The minimum Gasteiger partial charge on any atom is -0.481 e. The molecule has 3 heterocycles. The van der Waals surface area contributed by atoms with Crippen molar-refractivity contribution in [1.82, 2.24) is 9.88 Å². The van der Waals surface area contributed by atoms with Crippen LogP contribution in [-0.2, 0) is 4.79 Å². The largest absolute Gasteiger partial charge is 0.481 e. The standard InChI is InChI=1S/C19H25N3O3/c1-2-8-19(18(24)25)9-6-13-22(14-19)16-15(7-5-10-20-16)17(23)21-11-3-4-12-21/h2,5,7,10H,1,3-4,6,8-9,11-14H2,(H,24,25)/t19-/m1/s1. The molecular formula is C19H25N3O3. The smallest absolute Gasteiger partial charge is 0.311 e. The van der Waals surface area contributed by atoms with Crippen LogP contribution in [0.3, 0.4) is 0 Å². The number of carbonyl (C=O) groups is 2. The first-order valence-corrected chi connectivity index (χ1v) is 8.91. The number of amides is 1. The highest BCUT2D eigenvalue weighted by molar-refractivity contribution is 5.99. The molecule has 0 spiro atoms. The van der Waals surface area contributed by atoms with Crippen molar-refractivity contribution in [1.29, 1.82) is 0 Å². The van der Waals surface area contributed by atoms with Gasteiger partial charge in [-0.15, -0.1) is 6.58 Å². The fraction of sp³-hybridized carbons (Fsp3) is 0.526. The molecule has 2 aliphatic heterocycles. The molecule has 25 heavy (non-hydrogen) atoms. The molecule has 2 saturated heterocycles. The number of hydrogen-bond acceptors (Lipinski definition) is 4. The summed E-state index contributed by atoms with van der Waals surface area (Å²) >= 11 is 0. The Balaban J connectivity index is 1.89. The summed E-state index contributed by atoms with van der Waals surface area (Å²) in [4.78, 5) is 33.0. The van der Waals surface area contributed by atoms with E-state index in [0.717, 1.165) is 32.4 Å². The average Bonchev–Trinajstić information content (AvgIpc) is 3.16. The number of rotatable bonds is 5. The van der Waals surface area contributed by atoms with Gasteiger partial charge in [0.05, 0.1) is 11.0 Å². The summed E-state index contributed by atoms with van der Waals surface area (Å²) in [6, 6.07) is 3.57. The number of aromatic nitrogens is 1. The van der Waals surface area contributed by atoms with E-state index in [4.69, 9.17) is 0 Å². The van der Waals surface area contributed by atoms with Gasteiger partial charge in [0.15, 0.2) is 0 Å². The summed E-state index contributed by atoms with van der Waals surface area (Å²) < 4.78 is 0. The molecule has 1 N–H and O–H groups in total. The minimum atomic E-state index is -0.856. The average molecular weight is 343 g/mol. The van der Waals surface area contributed by atoms with Crippen LogP contribution in [0.5, 0.6) is 0 Å². The lowest BCUT2D eigenvalue weighted by Crippen LogP contribution is -2.48. The first kappa shape index (κ1) is 17.5. The second-order valence-electron chi connectivity index (χ2n) is 6.98. The lowest BCUT2D eigenvalue weighted by atomic mass is 9.77. The Morgan fingerprint density at radius 1 is 1.28 bits per heavy atom. The summed E-state index contributed by atoms with van der Waals surface area (Å²) in [5.74, 6) is -0.204. The van der Waals surface area contributed by atoms with E-state index in [-0.39, 0.29) is 5.91 Å². The van der Waals surface area contributed by atoms with Crippen LogP contribution in [0.2, 0.25) is 0 Å². The predicted octanol–water partition coefficient (Wildman–Crippen LogP) is 2.56. The maximum Gasteiger partial charge on any atom is 0.311 e. The molecule has 1 aromatic rings. The van der Waals surface area contributed by atoms with Crippen molar-refractivity contribution < 1.29 is 14.7 Å². The highest BCUT2D eigenvalue weighted by Crippen LogP contribution is 2.36. The van der Waals surface area contributed by atoms with Crippen molar-refractivity contribution in [2.24, 2.45) is 5.41 Å². The van der Waals surface area contributed by atoms with Gasteiger partial charge in [-0.05, 0) is 44.2 Å². The molecule has 134 valence electrons. The van der Waals surface area contributed by atoms with Crippen LogP contribution in [0.1, 0.15) is 42.5 Å². The Labute approximate surface area is 148 Å². The van der Waals surface area contributed by atoms with E-state index < -0.39 is 11.4 Å². The monoisotopic (exact) mass is 343 g/mol. The second-order valence-corrected chi connectivity index (χ2v) is 6.98. The van der Waals surface area contributed by atoms with E-state index in [0.29, 0.717) is 37.3 Å². The zero-order valence-corrected chi connectivity index (χ0v) is 14.5. The van der Waals surface area contributed by atoms with E-state index in [2.05, 4.69) is 11.6 Å².